The Balaban J connectivity index is 1.43. The molecule has 2 aliphatic rings. The first-order chi connectivity index (χ1) is 14.9. The first kappa shape index (κ1) is 20.6. The first-order valence-electron chi connectivity index (χ1n) is 10.9. The third-order valence-electron chi connectivity index (χ3n) is 6.77. The highest BCUT2D eigenvalue weighted by atomic mass is 35.5. The van der Waals surface area contributed by atoms with Crippen molar-refractivity contribution in [3.05, 3.63) is 70.0 Å². The number of nitrogens with zero attached hydrogens (tertiary/aromatic N) is 3. The highest BCUT2D eigenvalue weighted by Crippen LogP contribution is 2.40. The molecule has 5 rings (SSSR count). The van der Waals surface area contributed by atoms with Gasteiger partial charge < -0.3 is 9.84 Å². The standard InChI is InChI=1S/C25H28ClN3O2/c1-15-24(16(2)28(3)27-15)17-5-8-21(9-6-17)31-25-22-13-19(26)7-4-18(22)12-23(25)29-11-10-20(30)14-29/h4-9,13,20,23,25,30H,10-12,14H2,1-3H3/t20-,23+,25+/m1/s1. The topological polar surface area (TPSA) is 50.5 Å². The molecule has 0 bridgehead atoms. The van der Waals surface area contributed by atoms with Crippen LogP contribution in [0.3, 0.4) is 0 Å². The summed E-state index contributed by atoms with van der Waals surface area (Å²) in [6.45, 7) is 5.73. The molecule has 1 aliphatic heterocycles. The molecule has 162 valence electrons. The lowest BCUT2D eigenvalue weighted by molar-refractivity contribution is 0.0818. The summed E-state index contributed by atoms with van der Waals surface area (Å²) in [5.74, 6) is 0.838. The summed E-state index contributed by atoms with van der Waals surface area (Å²) in [6.07, 6.45) is 1.37. The largest absolute Gasteiger partial charge is 0.484 e. The number of halogens is 1. The maximum Gasteiger partial charge on any atom is 0.140 e. The van der Waals surface area contributed by atoms with Crippen molar-refractivity contribution in [1.29, 1.82) is 0 Å². The maximum absolute atomic E-state index is 10.1. The molecule has 1 fully saturated rings. The molecule has 2 heterocycles. The van der Waals surface area contributed by atoms with Crippen LogP contribution in [-0.4, -0.2) is 45.0 Å². The van der Waals surface area contributed by atoms with Gasteiger partial charge in [-0.2, -0.15) is 5.10 Å². The Labute approximate surface area is 188 Å². The number of likely N-dealkylation sites (tertiary alicyclic amines) is 1. The van der Waals surface area contributed by atoms with Crippen molar-refractivity contribution in [2.45, 2.75) is 44.9 Å². The average molecular weight is 438 g/mol. The predicted octanol–water partition coefficient (Wildman–Crippen LogP) is 4.47. The van der Waals surface area contributed by atoms with Crippen LogP contribution >= 0.6 is 11.6 Å². The SMILES string of the molecule is Cc1nn(C)c(C)c1-c1ccc(O[C@H]2c3cc(Cl)ccc3C[C@@H]2N2CC[C@@H](O)C2)cc1. The molecule has 3 atom stereocenters. The van der Waals surface area contributed by atoms with Crippen molar-refractivity contribution >= 4 is 11.6 Å². The number of β-amino-alcohol motifs (C(OH)–C–C–N with tert-alkyl or cyclic N) is 1. The Morgan fingerprint density at radius 1 is 1.13 bits per heavy atom. The molecule has 1 saturated heterocycles. The van der Waals surface area contributed by atoms with Crippen molar-refractivity contribution in [3.8, 4) is 16.9 Å². The van der Waals surface area contributed by atoms with Gasteiger partial charge in [-0.3, -0.25) is 9.58 Å². The van der Waals surface area contributed by atoms with E-state index in [0.29, 0.717) is 6.54 Å². The van der Waals surface area contributed by atoms with E-state index in [1.165, 1.54) is 11.1 Å². The smallest absolute Gasteiger partial charge is 0.140 e. The molecule has 0 unspecified atom stereocenters. The van der Waals surface area contributed by atoms with Crippen molar-refractivity contribution < 1.29 is 9.84 Å². The fourth-order valence-electron chi connectivity index (χ4n) is 5.13. The molecular weight excluding hydrogens is 410 g/mol. The van der Waals surface area contributed by atoms with Crippen LogP contribution in [0.2, 0.25) is 5.02 Å². The van der Waals surface area contributed by atoms with Gasteiger partial charge in [0.2, 0.25) is 0 Å². The number of ether oxygens (including phenoxy) is 1. The summed E-state index contributed by atoms with van der Waals surface area (Å²) < 4.78 is 8.49. The number of fused-ring (bicyclic) bond motifs is 1. The minimum absolute atomic E-state index is 0.105. The van der Waals surface area contributed by atoms with E-state index in [4.69, 9.17) is 16.3 Å². The molecule has 1 aromatic heterocycles. The van der Waals surface area contributed by atoms with Crippen molar-refractivity contribution in [2.75, 3.05) is 13.1 Å². The molecule has 1 aliphatic carbocycles. The van der Waals surface area contributed by atoms with Gasteiger partial charge in [-0.15, -0.1) is 0 Å². The van der Waals surface area contributed by atoms with E-state index < -0.39 is 0 Å². The van der Waals surface area contributed by atoms with Gasteiger partial charge in [-0.25, -0.2) is 0 Å². The van der Waals surface area contributed by atoms with Crippen molar-refractivity contribution in [3.63, 3.8) is 0 Å². The molecule has 31 heavy (non-hydrogen) atoms. The van der Waals surface area contributed by atoms with Crippen LogP contribution in [0.25, 0.3) is 11.1 Å². The fraction of sp³-hybridized carbons (Fsp3) is 0.400. The second-order valence-electron chi connectivity index (χ2n) is 8.78. The third kappa shape index (κ3) is 3.75. The molecule has 0 amide bonds. The van der Waals surface area contributed by atoms with Crippen molar-refractivity contribution in [1.82, 2.24) is 14.7 Å². The van der Waals surface area contributed by atoms with Crippen LogP contribution in [0, 0.1) is 13.8 Å². The van der Waals surface area contributed by atoms with Gasteiger partial charge in [0.05, 0.1) is 17.8 Å². The molecule has 3 aromatic rings. The summed E-state index contributed by atoms with van der Waals surface area (Å²) >= 11 is 6.33. The van der Waals surface area contributed by atoms with Crippen LogP contribution in [0.15, 0.2) is 42.5 Å². The monoisotopic (exact) mass is 437 g/mol. The van der Waals surface area contributed by atoms with E-state index in [1.54, 1.807) is 0 Å². The van der Waals surface area contributed by atoms with Crippen LogP contribution in [-0.2, 0) is 13.5 Å². The van der Waals surface area contributed by atoms with Gasteiger partial charge in [0, 0.05) is 36.4 Å². The lowest BCUT2D eigenvalue weighted by atomic mass is 10.0. The van der Waals surface area contributed by atoms with E-state index in [2.05, 4.69) is 35.1 Å². The normalized spacial score (nSPS) is 23.3. The van der Waals surface area contributed by atoms with E-state index in [1.807, 2.05) is 42.9 Å². The number of aliphatic hydroxyl groups excluding tert-OH is 1. The number of hydrogen-bond donors (Lipinski definition) is 1. The van der Waals surface area contributed by atoms with Gasteiger partial charge in [-0.1, -0.05) is 29.8 Å². The molecule has 0 saturated carbocycles. The Bertz CT molecular complexity index is 1110. The minimum Gasteiger partial charge on any atom is -0.484 e. The zero-order valence-corrected chi connectivity index (χ0v) is 18.9. The number of aliphatic hydroxyl groups is 1. The second-order valence-corrected chi connectivity index (χ2v) is 9.22. The Morgan fingerprint density at radius 2 is 1.90 bits per heavy atom. The van der Waals surface area contributed by atoms with E-state index in [-0.39, 0.29) is 18.2 Å². The molecular formula is C25H28ClN3O2. The first-order valence-corrected chi connectivity index (χ1v) is 11.3. The third-order valence-corrected chi connectivity index (χ3v) is 7.01. The average Bonchev–Trinajstić information content (AvgIpc) is 3.39. The van der Waals surface area contributed by atoms with Gasteiger partial charge >= 0.3 is 0 Å². The fourth-order valence-corrected chi connectivity index (χ4v) is 5.31. The number of aryl methyl sites for hydroxylation is 2. The van der Waals surface area contributed by atoms with Crippen LogP contribution in [0.4, 0.5) is 0 Å². The number of hydrogen-bond acceptors (Lipinski definition) is 4. The lowest BCUT2D eigenvalue weighted by Gasteiger charge is -2.30. The predicted molar refractivity (Wildman–Crippen MR) is 123 cm³/mol. The molecule has 5 nitrogen and oxygen atoms in total. The van der Waals surface area contributed by atoms with Crippen molar-refractivity contribution in [2.24, 2.45) is 7.05 Å². The summed E-state index contributed by atoms with van der Waals surface area (Å²) in [4.78, 5) is 2.36. The quantitative estimate of drug-likeness (QED) is 0.654. The zero-order valence-electron chi connectivity index (χ0n) is 18.2. The zero-order chi connectivity index (χ0) is 21.7. The summed E-state index contributed by atoms with van der Waals surface area (Å²) in [7, 11) is 1.97. The number of benzene rings is 2. The minimum atomic E-state index is -0.252. The molecule has 1 N–H and O–H groups in total. The van der Waals surface area contributed by atoms with E-state index in [9.17, 15) is 5.11 Å². The molecule has 0 radical (unpaired) electrons. The van der Waals surface area contributed by atoms with E-state index in [0.717, 1.165) is 52.7 Å². The van der Waals surface area contributed by atoms with Gasteiger partial charge in [0.1, 0.15) is 11.9 Å². The lowest BCUT2D eigenvalue weighted by Crippen LogP contribution is -2.39. The van der Waals surface area contributed by atoms with E-state index >= 15 is 0 Å². The highest BCUT2D eigenvalue weighted by Gasteiger charge is 2.40. The highest BCUT2D eigenvalue weighted by molar-refractivity contribution is 6.30. The van der Waals surface area contributed by atoms with Crippen LogP contribution in [0.1, 0.15) is 35.0 Å². The van der Waals surface area contributed by atoms with Gasteiger partial charge in [0.15, 0.2) is 0 Å². The van der Waals surface area contributed by atoms with Gasteiger partial charge in [0.25, 0.3) is 0 Å². The van der Waals surface area contributed by atoms with Gasteiger partial charge in [-0.05, 0) is 67.6 Å². The van der Waals surface area contributed by atoms with Crippen LogP contribution < -0.4 is 4.74 Å². The van der Waals surface area contributed by atoms with Crippen LogP contribution in [0.5, 0.6) is 5.75 Å². The molecule has 6 heteroatoms. The maximum atomic E-state index is 10.1. The number of aromatic nitrogens is 2. The summed E-state index contributed by atoms with van der Waals surface area (Å²) in [5.41, 5.74) is 6.93. The Hall–Kier alpha value is -2.34. The summed E-state index contributed by atoms with van der Waals surface area (Å²) in [5, 5.41) is 15.3. The second kappa shape index (κ2) is 7.97. The Morgan fingerprint density at radius 3 is 2.55 bits per heavy atom. The Kier molecular flexibility index (Phi) is 5.29. The molecule has 2 aromatic carbocycles. The molecule has 0 spiro atoms. The number of rotatable bonds is 4. The summed E-state index contributed by atoms with van der Waals surface area (Å²) in [6, 6.07) is 14.6.